The molecule has 3 aromatic rings. The smallest absolute Gasteiger partial charge is 0.255 e. The van der Waals surface area contributed by atoms with E-state index in [1.165, 1.54) is 0 Å². The second-order valence-electron chi connectivity index (χ2n) is 6.75. The molecule has 3 rings (SSSR count). The van der Waals surface area contributed by atoms with Crippen molar-refractivity contribution in [1.29, 1.82) is 5.26 Å². The summed E-state index contributed by atoms with van der Waals surface area (Å²) in [6.07, 6.45) is 1.20. The largest absolute Gasteiger partial charge is 0.316 e. The number of hydrogen-bond donors (Lipinski definition) is 0. The molecule has 3 nitrogen and oxygen atoms in total. The van der Waals surface area contributed by atoms with Crippen LogP contribution in [-0.4, -0.2) is 17.4 Å². The summed E-state index contributed by atoms with van der Waals surface area (Å²) in [5.74, 6) is -0.121. The van der Waals surface area contributed by atoms with Gasteiger partial charge in [-0.05, 0) is 36.1 Å². The molecule has 0 spiro atoms. The minimum Gasteiger partial charge on any atom is -0.316 e. The topological polar surface area (TPSA) is 44.1 Å². The summed E-state index contributed by atoms with van der Waals surface area (Å²) in [4.78, 5) is 15.2. The van der Waals surface area contributed by atoms with Crippen LogP contribution in [0.15, 0.2) is 91.0 Å². The molecule has 1 amide bonds. The lowest BCUT2D eigenvalue weighted by molar-refractivity contribution is 0.0571. The fourth-order valence-corrected chi connectivity index (χ4v) is 3.56. The van der Waals surface area contributed by atoms with E-state index in [-0.39, 0.29) is 5.91 Å². The highest BCUT2D eigenvalue weighted by atomic mass is 16.2. The van der Waals surface area contributed by atoms with Crippen LogP contribution in [0.25, 0.3) is 0 Å². The van der Waals surface area contributed by atoms with Crippen molar-refractivity contribution in [2.45, 2.75) is 25.3 Å². The summed E-state index contributed by atoms with van der Waals surface area (Å²) >= 11 is 0. The summed E-state index contributed by atoms with van der Waals surface area (Å²) in [5.41, 5.74) is 1.57. The van der Waals surface area contributed by atoms with Gasteiger partial charge in [0.25, 0.3) is 5.91 Å². The third-order valence-corrected chi connectivity index (χ3v) is 5.14. The van der Waals surface area contributed by atoms with E-state index >= 15 is 0 Å². The lowest BCUT2D eigenvalue weighted by atomic mass is 9.85. The zero-order chi connectivity index (χ0) is 19.8. The van der Waals surface area contributed by atoms with E-state index in [4.69, 9.17) is 0 Å². The van der Waals surface area contributed by atoms with Crippen molar-refractivity contribution < 1.29 is 4.79 Å². The Labute approximate surface area is 166 Å². The van der Waals surface area contributed by atoms with E-state index in [0.29, 0.717) is 24.9 Å². The van der Waals surface area contributed by atoms with Gasteiger partial charge < -0.3 is 4.90 Å². The maximum absolute atomic E-state index is 13.5. The van der Waals surface area contributed by atoms with Crippen LogP contribution in [0.2, 0.25) is 0 Å². The Hall–Kier alpha value is -3.38. The SMILES string of the molecule is CC[C@@](C#N)(c1ccccc1)N(CCc1ccccc1)C(=O)c1ccccc1. The Balaban J connectivity index is 2.03. The molecule has 0 radical (unpaired) electrons. The van der Waals surface area contributed by atoms with E-state index in [1.807, 2.05) is 85.8 Å². The van der Waals surface area contributed by atoms with Crippen LogP contribution in [0.5, 0.6) is 0 Å². The molecule has 3 heteroatoms. The standard InChI is InChI=1S/C25H24N2O/c1-2-25(20-26,23-16-10-5-11-17-23)27(19-18-21-12-6-3-7-13-21)24(28)22-14-8-4-9-15-22/h3-17H,2,18-19H2,1H3/t25-/m1/s1. The van der Waals surface area contributed by atoms with Gasteiger partial charge in [-0.2, -0.15) is 5.26 Å². The van der Waals surface area contributed by atoms with Gasteiger partial charge in [-0.15, -0.1) is 0 Å². The van der Waals surface area contributed by atoms with Gasteiger partial charge in [0.1, 0.15) is 0 Å². The molecule has 1 atom stereocenters. The molecule has 0 heterocycles. The number of hydrogen-bond acceptors (Lipinski definition) is 2. The maximum Gasteiger partial charge on any atom is 0.255 e. The van der Waals surface area contributed by atoms with Crippen LogP contribution < -0.4 is 0 Å². The van der Waals surface area contributed by atoms with E-state index in [1.54, 1.807) is 17.0 Å². The van der Waals surface area contributed by atoms with Gasteiger partial charge in [0.05, 0.1) is 6.07 Å². The highest BCUT2D eigenvalue weighted by Gasteiger charge is 2.40. The Morgan fingerprint density at radius 1 is 0.893 bits per heavy atom. The second-order valence-corrected chi connectivity index (χ2v) is 6.75. The van der Waals surface area contributed by atoms with Gasteiger partial charge in [-0.25, -0.2) is 0 Å². The molecule has 0 bridgehead atoms. The first-order chi connectivity index (χ1) is 13.7. The van der Waals surface area contributed by atoms with Gasteiger partial charge in [0.2, 0.25) is 0 Å². The third-order valence-electron chi connectivity index (χ3n) is 5.14. The number of amides is 1. The first-order valence-electron chi connectivity index (χ1n) is 9.59. The van der Waals surface area contributed by atoms with Crippen LogP contribution in [0.3, 0.4) is 0 Å². The first kappa shape index (κ1) is 19.4. The van der Waals surface area contributed by atoms with Crippen molar-refractivity contribution >= 4 is 5.91 Å². The van der Waals surface area contributed by atoms with E-state index in [9.17, 15) is 10.1 Å². The fourth-order valence-electron chi connectivity index (χ4n) is 3.56. The minimum absolute atomic E-state index is 0.121. The van der Waals surface area contributed by atoms with Crippen molar-refractivity contribution in [3.8, 4) is 6.07 Å². The van der Waals surface area contributed by atoms with Crippen molar-refractivity contribution in [1.82, 2.24) is 4.90 Å². The zero-order valence-corrected chi connectivity index (χ0v) is 16.1. The summed E-state index contributed by atoms with van der Waals surface area (Å²) in [5, 5.41) is 10.2. The van der Waals surface area contributed by atoms with Gasteiger partial charge in [0.15, 0.2) is 5.54 Å². The molecule has 0 aliphatic heterocycles. The van der Waals surface area contributed by atoms with Crippen LogP contribution in [0.4, 0.5) is 0 Å². The van der Waals surface area contributed by atoms with Crippen molar-refractivity contribution in [3.05, 3.63) is 108 Å². The van der Waals surface area contributed by atoms with Crippen molar-refractivity contribution in [2.75, 3.05) is 6.54 Å². The number of benzene rings is 3. The molecule has 0 aliphatic carbocycles. The predicted octanol–water partition coefficient (Wildman–Crippen LogP) is 5.20. The molecule has 0 aromatic heterocycles. The highest BCUT2D eigenvalue weighted by Crippen LogP contribution is 2.33. The fraction of sp³-hybridized carbons (Fsp3) is 0.200. The average molecular weight is 368 g/mol. The summed E-state index contributed by atoms with van der Waals surface area (Å²) < 4.78 is 0. The number of nitrogens with zero attached hydrogens (tertiary/aromatic N) is 2. The van der Waals surface area contributed by atoms with E-state index in [2.05, 4.69) is 6.07 Å². The molecular formula is C25H24N2O. The summed E-state index contributed by atoms with van der Waals surface area (Å²) in [6, 6.07) is 31.4. The van der Waals surface area contributed by atoms with Crippen LogP contribution in [0, 0.1) is 11.3 Å². The van der Waals surface area contributed by atoms with Crippen LogP contribution in [0.1, 0.15) is 34.8 Å². The molecule has 3 aromatic carbocycles. The molecular weight excluding hydrogens is 344 g/mol. The zero-order valence-electron chi connectivity index (χ0n) is 16.1. The van der Waals surface area contributed by atoms with Gasteiger partial charge in [-0.1, -0.05) is 85.8 Å². The maximum atomic E-state index is 13.5. The van der Waals surface area contributed by atoms with Gasteiger partial charge >= 0.3 is 0 Å². The molecule has 0 saturated carbocycles. The Morgan fingerprint density at radius 2 is 1.43 bits per heavy atom. The molecule has 0 unspecified atom stereocenters. The quantitative estimate of drug-likeness (QED) is 0.575. The van der Waals surface area contributed by atoms with Crippen LogP contribution in [-0.2, 0) is 12.0 Å². The lowest BCUT2D eigenvalue weighted by Gasteiger charge is -2.39. The minimum atomic E-state index is -1.01. The highest BCUT2D eigenvalue weighted by molar-refractivity contribution is 5.95. The molecule has 0 fully saturated rings. The Morgan fingerprint density at radius 3 is 1.96 bits per heavy atom. The normalized spacial score (nSPS) is 12.6. The molecule has 140 valence electrons. The average Bonchev–Trinajstić information content (AvgIpc) is 2.78. The summed E-state index contributed by atoms with van der Waals surface area (Å²) in [7, 11) is 0. The van der Waals surface area contributed by atoms with Crippen LogP contribution >= 0.6 is 0 Å². The van der Waals surface area contributed by atoms with Gasteiger partial charge in [-0.3, -0.25) is 4.79 Å². The Bertz CT molecular complexity index is 933. The predicted molar refractivity (Wildman–Crippen MR) is 112 cm³/mol. The molecule has 0 N–H and O–H groups in total. The second kappa shape index (κ2) is 9.01. The van der Waals surface area contributed by atoms with Crippen molar-refractivity contribution in [2.24, 2.45) is 0 Å². The molecule has 0 saturated heterocycles. The number of carbonyl (C=O) groups excluding carboxylic acids is 1. The van der Waals surface area contributed by atoms with E-state index < -0.39 is 5.54 Å². The van der Waals surface area contributed by atoms with E-state index in [0.717, 1.165) is 11.1 Å². The number of carbonyl (C=O) groups is 1. The molecule has 28 heavy (non-hydrogen) atoms. The molecule has 0 aliphatic rings. The third kappa shape index (κ3) is 3.97. The van der Waals surface area contributed by atoms with Crippen molar-refractivity contribution in [3.63, 3.8) is 0 Å². The summed E-state index contributed by atoms with van der Waals surface area (Å²) in [6.45, 7) is 2.43. The number of rotatable bonds is 7. The number of nitriles is 1. The first-order valence-corrected chi connectivity index (χ1v) is 9.59. The van der Waals surface area contributed by atoms with Gasteiger partial charge in [0, 0.05) is 12.1 Å². The lowest BCUT2D eigenvalue weighted by Crippen LogP contribution is -2.49. The monoisotopic (exact) mass is 368 g/mol. The Kier molecular flexibility index (Phi) is 6.24.